The predicted octanol–water partition coefficient (Wildman–Crippen LogP) is 3.14. The minimum atomic E-state index is 0.719. The molecular weight excluding hydrogens is 238 g/mol. The fraction of sp³-hybridized carbons (Fsp3) is 0.500. The maximum absolute atomic E-state index is 3.65. The first-order chi connectivity index (χ1) is 6.86. The molecule has 0 aromatic heterocycles. The lowest BCUT2D eigenvalue weighted by molar-refractivity contribution is 0.118. The van der Waals surface area contributed by atoms with Crippen molar-refractivity contribution in [2.75, 3.05) is 13.1 Å². The van der Waals surface area contributed by atoms with Crippen molar-refractivity contribution < 1.29 is 0 Å². The van der Waals surface area contributed by atoms with E-state index in [-0.39, 0.29) is 0 Å². The van der Waals surface area contributed by atoms with Crippen LogP contribution >= 0.6 is 15.9 Å². The molecular formula is C12H14BrN. The number of hydrogen-bond acceptors (Lipinski definition) is 1. The fourth-order valence-corrected chi connectivity index (χ4v) is 3.20. The lowest BCUT2D eigenvalue weighted by Gasteiger charge is -2.36. The SMILES string of the molecule is Brc1cccc2c1CCC2N1CCC1. The van der Waals surface area contributed by atoms with E-state index in [0.717, 1.165) is 6.04 Å². The molecule has 0 N–H and O–H groups in total. The summed E-state index contributed by atoms with van der Waals surface area (Å²) >= 11 is 3.65. The second-order valence-corrected chi connectivity index (χ2v) is 5.11. The molecule has 1 aromatic rings. The zero-order chi connectivity index (χ0) is 9.54. The maximum atomic E-state index is 3.65. The zero-order valence-electron chi connectivity index (χ0n) is 8.17. The highest BCUT2D eigenvalue weighted by atomic mass is 79.9. The second-order valence-electron chi connectivity index (χ2n) is 4.25. The first kappa shape index (κ1) is 8.93. The van der Waals surface area contributed by atoms with Gasteiger partial charge in [-0.3, -0.25) is 4.90 Å². The zero-order valence-corrected chi connectivity index (χ0v) is 9.76. The predicted molar refractivity (Wildman–Crippen MR) is 61.4 cm³/mol. The Labute approximate surface area is 93.2 Å². The van der Waals surface area contributed by atoms with Crippen molar-refractivity contribution in [1.82, 2.24) is 4.90 Å². The monoisotopic (exact) mass is 251 g/mol. The molecule has 1 heterocycles. The van der Waals surface area contributed by atoms with E-state index in [1.165, 1.54) is 36.8 Å². The minimum Gasteiger partial charge on any atom is -0.296 e. The van der Waals surface area contributed by atoms with Crippen LogP contribution in [0.15, 0.2) is 22.7 Å². The Bertz CT molecular complexity index is 357. The van der Waals surface area contributed by atoms with Gasteiger partial charge in [0.25, 0.3) is 0 Å². The standard InChI is InChI=1S/C12H14BrN/c13-11-4-1-3-10-9(11)5-6-12(10)14-7-2-8-14/h1,3-4,12H,2,5-8H2. The van der Waals surface area contributed by atoms with E-state index in [1.807, 2.05) is 0 Å². The van der Waals surface area contributed by atoms with Crippen LogP contribution in [-0.2, 0) is 6.42 Å². The Balaban J connectivity index is 1.97. The molecule has 0 spiro atoms. The first-order valence-corrected chi connectivity index (χ1v) is 6.17. The number of halogens is 1. The molecule has 0 radical (unpaired) electrons. The van der Waals surface area contributed by atoms with E-state index < -0.39 is 0 Å². The van der Waals surface area contributed by atoms with Gasteiger partial charge in [-0.15, -0.1) is 0 Å². The first-order valence-electron chi connectivity index (χ1n) is 5.37. The van der Waals surface area contributed by atoms with Crippen LogP contribution in [0.4, 0.5) is 0 Å². The van der Waals surface area contributed by atoms with Crippen LogP contribution in [0.1, 0.15) is 30.0 Å². The van der Waals surface area contributed by atoms with Crippen LogP contribution < -0.4 is 0 Å². The number of rotatable bonds is 1. The molecule has 14 heavy (non-hydrogen) atoms. The van der Waals surface area contributed by atoms with E-state index in [2.05, 4.69) is 39.0 Å². The van der Waals surface area contributed by atoms with Crippen LogP contribution in [0.25, 0.3) is 0 Å². The number of nitrogens with zero attached hydrogens (tertiary/aromatic N) is 1. The van der Waals surface area contributed by atoms with E-state index in [9.17, 15) is 0 Å². The fourth-order valence-electron chi connectivity index (χ4n) is 2.62. The Morgan fingerprint density at radius 3 is 2.86 bits per heavy atom. The lowest BCUT2D eigenvalue weighted by Crippen LogP contribution is -2.39. The van der Waals surface area contributed by atoms with Crippen LogP contribution in [0.2, 0.25) is 0 Å². The number of benzene rings is 1. The molecule has 2 heteroatoms. The Morgan fingerprint density at radius 2 is 2.14 bits per heavy atom. The van der Waals surface area contributed by atoms with Crippen molar-refractivity contribution in [3.05, 3.63) is 33.8 Å². The van der Waals surface area contributed by atoms with Gasteiger partial charge in [-0.25, -0.2) is 0 Å². The van der Waals surface area contributed by atoms with Crippen molar-refractivity contribution in [2.24, 2.45) is 0 Å². The quantitative estimate of drug-likeness (QED) is 0.742. The molecule has 1 atom stereocenters. The van der Waals surface area contributed by atoms with Gasteiger partial charge in [-0.1, -0.05) is 28.1 Å². The molecule has 1 aromatic carbocycles. The van der Waals surface area contributed by atoms with Gasteiger partial charge in [0.2, 0.25) is 0 Å². The van der Waals surface area contributed by atoms with Gasteiger partial charge >= 0.3 is 0 Å². The Kier molecular flexibility index (Phi) is 2.14. The summed E-state index contributed by atoms with van der Waals surface area (Å²) in [5.41, 5.74) is 3.11. The molecule has 0 saturated carbocycles. The molecule has 1 fully saturated rings. The average Bonchev–Trinajstić information content (AvgIpc) is 2.48. The molecule has 1 unspecified atom stereocenters. The normalized spacial score (nSPS) is 25.9. The molecule has 1 saturated heterocycles. The molecule has 0 amide bonds. The number of hydrogen-bond donors (Lipinski definition) is 0. The molecule has 1 aliphatic carbocycles. The van der Waals surface area contributed by atoms with Crippen LogP contribution in [-0.4, -0.2) is 18.0 Å². The van der Waals surface area contributed by atoms with Gasteiger partial charge in [-0.05, 0) is 49.5 Å². The van der Waals surface area contributed by atoms with E-state index >= 15 is 0 Å². The summed E-state index contributed by atoms with van der Waals surface area (Å²) in [6.45, 7) is 2.60. The van der Waals surface area contributed by atoms with Crippen molar-refractivity contribution >= 4 is 15.9 Å². The summed E-state index contributed by atoms with van der Waals surface area (Å²) in [5.74, 6) is 0. The molecule has 74 valence electrons. The van der Waals surface area contributed by atoms with Crippen LogP contribution in [0.3, 0.4) is 0 Å². The summed E-state index contributed by atoms with van der Waals surface area (Å²) in [4.78, 5) is 2.61. The van der Waals surface area contributed by atoms with Gasteiger partial charge in [0.1, 0.15) is 0 Å². The van der Waals surface area contributed by atoms with E-state index in [4.69, 9.17) is 0 Å². The highest BCUT2D eigenvalue weighted by Gasteiger charge is 2.31. The van der Waals surface area contributed by atoms with Crippen LogP contribution in [0.5, 0.6) is 0 Å². The molecule has 1 nitrogen and oxygen atoms in total. The van der Waals surface area contributed by atoms with Crippen molar-refractivity contribution in [1.29, 1.82) is 0 Å². The summed E-state index contributed by atoms with van der Waals surface area (Å²) < 4.78 is 1.30. The van der Waals surface area contributed by atoms with Gasteiger partial charge in [0.15, 0.2) is 0 Å². The third kappa shape index (κ3) is 1.24. The average molecular weight is 252 g/mol. The maximum Gasteiger partial charge on any atom is 0.0354 e. The molecule has 1 aliphatic heterocycles. The van der Waals surface area contributed by atoms with Crippen molar-refractivity contribution in [2.45, 2.75) is 25.3 Å². The van der Waals surface area contributed by atoms with Crippen LogP contribution in [0, 0.1) is 0 Å². The van der Waals surface area contributed by atoms with Gasteiger partial charge < -0.3 is 0 Å². The lowest BCUT2D eigenvalue weighted by atomic mass is 10.0. The third-order valence-electron chi connectivity index (χ3n) is 3.51. The van der Waals surface area contributed by atoms with Crippen molar-refractivity contribution in [3.8, 4) is 0 Å². The van der Waals surface area contributed by atoms with E-state index in [0.29, 0.717) is 0 Å². The summed E-state index contributed by atoms with van der Waals surface area (Å²) in [6.07, 6.45) is 3.95. The number of likely N-dealkylation sites (tertiary alicyclic amines) is 1. The topological polar surface area (TPSA) is 3.24 Å². The summed E-state index contributed by atoms with van der Waals surface area (Å²) in [5, 5.41) is 0. The Morgan fingerprint density at radius 1 is 1.29 bits per heavy atom. The van der Waals surface area contributed by atoms with Crippen molar-refractivity contribution in [3.63, 3.8) is 0 Å². The summed E-state index contributed by atoms with van der Waals surface area (Å²) in [6, 6.07) is 7.35. The minimum absolute atomic E-state index is 0.719. The highest BCUT2D eigenvalue weighted by molar-refractivity contribution is 9.10. The third-order valence-corrected chi connectivity index (χ3v) is 4.26. The summed E-state index contributed by atoms with van der Waals surface area (Å²) in [7, 11) is 0. The Hall–Kier alpha value is -0.340. The second kappa shape index (κ2) is 3.35. The van der Waals surface area contributed by atoms with Gasteiger partial charge in [0.05, 0.1) is 0 Å². The highest BCUT2D eigenvalue weighted by Crippen LogP contribution is 2.40. The molecule has 0 bridgehead atoms. The van der Waals surface area contributed by atoms with E-state index in [1.54, 1.807) is 11.1 Å². The molecule has 3 rings (SSSR count). The van der Waals surface area contributed by atoms with Gasteiger partial charge in [-0.2, -0.15) is 0 Å². The van der Waals surface area contributed by atoms with Gasteiger partial charge in [0, 0.05) is 10.5 Å². The largest absolute Gasteiger partial charge is 0.296 e. The molecule has 2 aliphatic rings. The number of fused-ring (bicyclic) bond motifs is 1. The smallest absolute Gasteiger partial charge is 0.0354 e.